The summed E-state index contributed by atoms with van der Waals surface area (Å²) in [6.45, 7) is 3.87. The van der Waals surface area contributed by atoms with Gasteiger partial charge in [0.25, 0.3) is 5.91 Å². The van der Waals surface area contributed by atoms with Crippen LogP contribution in [-0.4, -0.2) is 28.2 Å². The Morgan fingerprint density at radius 3 is 2.79 bits per heavy atom. The fourth-order valence-corrected chi connectivity index (χ4v) is 3.28. The Balaban J connectivity index is 1.51. The first-order valence-corrected chi connectivity index (χ1v) is 8.98. The number of hydrogen-bond acceptors (Lipinski definition) is 4. The van der Waals surface area contributed by atoms with Gasteiger partial charge >= 0.3 is 0 Å². The lowest BCUT2D eigenvalue weighted by atomic mass is 10.1. The minimum atomic E-state index is -0.212. The predicted molar refractivity (Wildman–Crippen MR) is 106 cm³/mol. The quantitative estimate of drug-likeness (QED) is 0.733. The number of ether oxygens (including phenoxy) is 1. The summed E-state index contributed by atoms with van der Waals surface area (Å²) in [5.74, 6) is 0.228. The molecule has 1 aliphatic heterocycles. The summed E-state index contributed by atoms with van der Waals surface area (Å²) < 4.78 is 7.18. The predicted octanol–water partition coefficient (Wildman–Crippen LogP) is 3.00. The first-order valence-electron chi connectivity index (χ1n) is 8.98. The third-order valence-corrected chi connectivity index (χ3v) is 4.68. The maximum atomic E-state index is 12.6. The summed E-state index contributed by atoms with van der Waals surface area (Å²) in [6.07, 6.45) is 0.213. The summed E-state index contributed by atoms with van der Waals surface area (Å²) in [5.41, 5.74) is 4.77. The van der Waals surface area contributed by atoms with E-state index in [0.29, 0.717) is 17.1 Å². The Kier molecular flexibility index (Phi) is 4.57. The van der Waals surface area contributed by atoms with E-state index in [-0.39, 0.29) is 24.8 Å². The van der Waals surface area contributed by atoms with E-state index in [2.05, 4.69) is 15.7 Å². The first-order chi connectivity index (χ1) is 13.5. The third kappa shape index (κ3) is 3.46. The SMILES string of the molecule is Cc1nn(-c2ccccc2)c(C)c1CC(=O)Nc1ccc2c(c1)NC(=O)CO2. The minimum absolute atomic E-state index is 0.00264. The number of nitrogens with one attached hydrogen (secondary N) is 2. The normalized spacial score (nSPS) is 12.7. The topological polar surface area (TPSA) is 85.3 Å². The van der Waals surface area contributed by atoms with Gasteiger partial charge in [-0.05, 0) is 44.2 Å². The molecule has 0 atom stereocenters. The molecule has 1 aromatic heterocycles. The van der Waals surface area contributed by atoms with Crippen LogP contribution in [0.3, 0.4) is 0 Å². The van der Waals surface area contributed by atoms with E-state index in [1.165, 1.54) is 0 Å². The molecule has 0 unspecified atom stereocenters. The number of rotatable bonds is 4. The lowest BCUT2D eigenvalue weighted by Gasteiger charge is -2.18. The fraction of sp³-hybridized carbons (Fsp3) is 0.190. The Labute approximate surface area is 162 Å². The molecule has 7 nitrogen and oxygen atoms in total. The molecule has 0 aliphatic carbocycles. The van der Waals surface area contributed by atoms with E-state index < -0.39 is 0 Å². The van der Waals surface area contributed by atoms with Crippen LogP contribution in [0.15, 0.2) is 48.5 Å². The van der Waals surface area contributed by atoms with Crippen LogP contribution in [0.4, 0.5) is 11.4 Å². The molecule has 0 spiro atoms. The van der Waals surface area contributed by atoms with Crippen molar-refractivity contribution < 1.29 is 14.3 Å². The molecule has 142 valence electrons. The largest absolute Gasteiger partial charge is 0.482 e. The van der Waals surface area contributed by atoms with E-state index in [1.54, 1.807) is 18.2 Å². The fourth-order valence-electron chi connectivity index (χ4n) is 3.28. The maximum Gasteiger partial charge on any atom is 0.262 e. The van der Waals surface area contributed by atoms with Gasteiger partial charge in [-0.1, -0.05) is 18.2 Å². The van der Waals surface area contributed by atoms with Gasteiger partial charge in [-0.25, -0.2) is 4.68 Å². The highest BCUT2D eigenvalue weighted by Gasteiger charge is 2.18. The summed E-state index contributed by atoms with van der Waals surface area (Å²) in [5, 5.41) is 10.2. The van der Waals surface area contributed by atoms with Gasteiger partial charge in [-0.15, -0.1) is 0 Å². The molecule has 4 rings (SSSR count). The zero-order valence-corrected chi connectivity index (χ0v) is 15.7. The number of carbonyl (C=O) groups excluding carboxylic acids is 2. The molecule has 2 amide bonds. The smallest absolute Gasteiger partial charge is 0.262 e. The van der Waals surface area contributed by atoms with Crippen molar-refractivity contribution in [3.63, 3.8) is 0 Å². The molecule has 28 heavy (non-hydrogen) atoms. The highest BCUT2D eigenvalue weighted by atomic mass is 16.5. The Morgan fingerprint density at radius 1 is 1.21 bits per heavy atom. The highest BCUT2D eigenvalue weighted by molar-refractivity contribution is 5.98. The lowest BCUT2D eigenvalue weighted by molar-refractivity contribution is -0.118. The lowest BCUT2D eigenvalue weighted by Crippen LogP contribution is -2.25. The summed E-state index contributed by atoms with van der Waals surface area (Å²) in [4.78, 5) is 24.1. The second-order valence-electron chi connectivity index (χ2n) is 6.67. The van der Waals surface area contributed by atoms with Crippen molar-refractivity contribution in [3.8, 4) is 11.4 Å². The van der Waals surface area contributed by atoms with Crippen molar-refractivity contribution in [1.82, 2.24) is 9.78 Å². The monoisotopic (exact) mass is 376 g/mol. The van der Waals surface area contributed by atoms with Crippen LogP contribution in [0.1, 0.15) is 17.0 Å². The number of aromatic nitrogens is 2. The number of fused-ring (bicyclic) bond motifs is 1. The molecule has 7 heteroatoms. The molecule has 0 radical (unpaired) electrons. The number of benzene rings is 2. The van der Waals surface area contributed by atoms with Crippen LogP contribution in [0.25, 0.3) is 5.69 Å². The van der Waals surface area contributed by atoms with E-state index in [0.717, 1.165) is 22.6 Å². The molecular weight excluding hydrogens is 356 g/mol. The number of hydrogen-bond donors (Lipinski definition) is 2. The van der Waals surface area contributed by atoms with Crippen molar-refractivity contribution in [2.45, 2.75) is 20.3 Å². The summed E-state index contributed by atoms with van der Waals surface area (Å²) in [7, 11) is 0. The van der Waals surface area contributed by atoms with Crippen molar-refractivity contribution in [1.29, 1.82) is 0 Å². The van der Waals surface area contributed by atoms with Crippen molar-refractivity contribution in [2.75, 3.05) is 17.2 Å². The molecule has 1 aliphatic rings. The third-order valence-electron chi connectivity index (χ3n) is 4.68. The van der Waals surface area contributed by atoms with E-state index in [9.17, 15) is 9.59 Å². The summed E-state index contributed by atoms with van der Waals surface area (Å²) >= 11 is 0. The molecule has 3 aromatic rings. The van der Waals surface area contributed by atoms with Gasteiger partial charge < -0.3 is 15.4 Å². The Morgan fingerprint density at radius 2 is 2.00 bits per heavy atom. The molecule has 2 heterocycles. The van der Waals surface area contributed by atoms with Gasteiger partial charge in [-0.2, -0.15) is 5.10 Å². The molecule has 2 aromatic carbocycles. The molecule has 0 saturated heterocycles. The van der Waals surface area contributed by atoms with Crippen LogP contribution in [0.5, 0.6) is 5.75 Å². The van der Waals surface area contributed by atoms with Gasteiger partial charge in [0.2, 0.25) is 5.91 Å². The molecular formula is C21H20N4O3. The zero-order chi connectivity index (χ0) is 19.7. The van der Waals surface area contributed by atoms with E-state index in [4.69, 9.17) is 4.74 Å². The second kappa shape index (κ2) is 7.19. The van der Waals surface area contributed by atoms with Crippen LogP contribution >= 0.6 is 0 Å². The molecule has 2 N–H and O–H groups in total. The molecule has 0 bridgehead atoms. The zero-order valence-electron chi connectivity index (χ0n) is 15.7. The average Bonchev–Trinajstić information content (AvgIpc) is 2.96. The van der Waals surface area contributed by atoms with E-state index >= 15 is 0 Å². The van der Waals surface area contributed by atoms with Crippen molar-refractivity contribution in [2.24, 2.45) is 0 Å². The number of carbonyl (C=O) groups is 2. The number of amides is 2. The molecule has 0 fully saturated rings. The minimum Gasteiger partial charge on any atom is -0.482 e. The van der Waals surface area contributed by atoms with Crippen molar-refractivity contribution in [3.05, 3.63) is 65.5 Å². The Hall–Kier alpha value is -3.61. The van der Waals surface area contributed by atoms with Crippen LogP contribution in [0, 0.1) is 13.8 Å². The summed E-state index contributed by atoms with van der Waals surface area (Å²) in [6, 6.07) is 15.0. The van der Waals surface area contributed by atoms with E-state index in [1.807, 2.05) is 48.9 Å². The maximum absolute atomic E-state index is 12.6. The standard InChI is InChI=1S/C21H20N4O3/c1-13-17(14(2)25(24-13)16-6-4-3-5-7-16)11-20(26)22-15-8-9-19-18(10-15)23-21(27)12-28-19/h3-10H,11-12H2,1-2H3,(H,22,26)(H,23,27). The number of aryl methyl sites for hydroxylation is 1. The number of anilines is 2. The van der Waals surface area contributed by atoms with Crippen LogP contribution in [-0.2, 0) is 16.0 Å². The van der Waals surface area contributed by atoms with Crippen LogP contribution < -0.4 is 15.4 Å². The van der Waals surface area contributed by atoms with Gasteiger partial charge in [0.15, 0.2) is 6.61 Å². The second-order valence-corrected chi connectivity index (χ2v) is 6.67. The molecule has 0 saturated carbocycles. The highest BCUT2D eigenvalue weighted by Crippen LogP contribution is 2.30. The average molecular weight is 376 g/mol. The first kappa shape index (κ1) is 17.8. The van der Waals surface area contributed by atoms with Gasteiger partial charge in [-0.3, -0.25) is 9.59 Å². The van der Waals surface area contributed by atoms with Gasteiger partial charge in [0, 0.05) is 16.9 Å². The van der Waals surface area contributed by atoms with Crippen molar-refractivity contribution >= 4 is 23.2 Å². The number of nitrogens with zero attached hydrogens (tertiary/aromatic N) is 2. The van der Waals surface area contributed by atoms with Gasteiger partial charge in [0.05, 0.1) is 23.5 Å². The Bertz CT molecular complexity index is 1060. The van der Waals surface area contributed by atoms with Gasteiger partial charge in [0.1, 0.15) is 5.75 Å². The van der Waals surface area contributed by atoms with Crippen LogP contribution in [0.2, 0.25) is 0 Å². The number of para-hydroxylation sites is 1.